The molecule has 0 unspecified atom stereocenters. The number of primary amides is 2. The highest BCUT2D eigenvalue weighted by atomic mass is 16.4. The third-order valence-corrected chi connectivity index (χ3v) is 12.4. The number of aliphatic imine (C=N–C) groups is 1. The quantitative estimate of drug-likeness (QED) is 0.0164. The number of carbonyl (C=O) groups is 14. The normalized spacial score (nSPS) is 15.1. The number of nitrogens with one attached hydrogen (secondary N) is 11. The van der Waals surface area contributed by atoms with E-state index < -0.39 is 207 Å². The number of aliphatic hydroxyl groups excluding tert-OH is 3. The van der Waals surface area contributed by atoms with E-state index in [-0.39, 0.29) is 44.0 Å². The number of nitrogens with two attached hydrogens (primary N) is 5. The molecular weight excluding hydrogens is 1140 g/mol. The number of aliphatic carboxylic acids is 2. The Bertz CT molecular complexity index is 2530. The first-order valence-corrected chi connectivity index (χ1v) is 27.0. The fourth-order valence-corrected chi connectivity index (χ4v) is 7.78. The van der Waals surface area contributed by atoms with Gasteiger partial charge in [0.1, 0.15) is 60.4 Å². The lowest BCUT2D eigenvalue weighted by Crippen LogP contribution is -2.62. The fraction of sp³-hybridized carbons (Fsp3) is 0.633. The molecular formula is C49H82N18O19. The fourth-order valence-electron chi connectivity index (χ4n) is 7.78. The van der Waals surface area contributed by atoms with E-state index in [2.05, 4.69) is 68.1 Å². The summed E-state index contributed by atoms with van der Waals surface area (Å²) < 4.78 is 0. The molecule has 1 rings (SSSR count). The number of carboxylic acids is 2. The Hall–Kier alpha value is -9.10. The molecule has 0 aliphatic rings. The molecule has 0 saturated carbocycles. The van der Waals surface area contributed by atoms with Crippen molar-refractivity contribution in [2.45, 2.75) is 177 Å². The van der Waals surface area contributed by atoms with Gasteiger partial charge in [-0.15, -0.1) is 0 Å². The molecule has 12 atom stereocenters. The van der Waals surface area contributed by atoms with Gasteiger partial charge in [0, 0.05) is 51.0 Å². The summed E-state index contributed by atoms with van der Waals surface area (Å²) in [6, 6.07) is -16.9. The molecule has 1 heterocycles. The number of imidazole rings is 1. The predicted octanol–water partition coefficient (Wildman–Crippen LogP) is -9.74. The minimum absolute atomic E-state index is 0.0488. The van der Waals surface area contributed by atoms with Gasteiger partial charge in [-0.05, 0) is 78.7 Å². The molecule has 0 radical (unpaired) electrons. The monoisotopic (exact) mass is 1230 g/mol. The Morgan fingerprint density at radius 2 is 0.942 bits per heavy atom. The molecule has 0 bridgehead atoms. The van der Waals surface area contributed by atoms with Crippen molar-refractivity contribution in [3.05, 3.63) is 18.2 Å². The van der Waals surface area contributed by atoms with Crippen molar-refractivity contribution < 1.29 is 92.7 Å². The van der Waals surface area contributed by atoms with E-state index >= 15 is 0 Å². The van der Waals surface area contributed by atoms with E-state index in [1.807, 2.05) is 0 Å². The number of carboxylic acid groups (broad SMARTS) is 2. The first kappa shape index (κ1) is 74.9. The van der Waals surface area contributed by atoms with E-state index in [1.54, 1.807) is 0 Å². The molecule has 86 heavy (non-hydrogen) atoms. The van der Waals surface area contributed by atoms with Gasteiger partial charge in [-0.25, -0.2) is 4.98 Å². The summed E-state index contributed by atoms with van der Waals surface area (Å²) in [4.78, 5) is 192. The van der Waals surface area contributed by atoms with E-state index in [9.17, 15) is 92.7 Å². The summed E-state index contributed by atoms with van der Waals surface area (Å²) in [6.45, 7) is 3.64. The second-order valence-electron chi connectivity index (χ2n) is 19.8. The van der Waals surface area contributed by atoms with E-state index in [4.69, 9.17) is 28.7 Å². The van der Waals surface area contributed by atoms with Crippen LogP contribution in [0.1, 0.15) is 104 Å². The lowest BCUT2D eigenvalue weighted by molar-refractivity contribution is -0.139. The average Bonchev–Trinajstić information content (AvgIpc) is 2.87. The second-order valence-corrected chi connectivity index (χ2v) is 19.8. The van der Waals surface area contributed by atoms with Gasteiger partial charge in [0.2, 0.25) is 70.9 Å². The van der Waals surface area contributed by atoms with Crippen LogP contribution >= 0.6 is 0 Å². The van der Waals surface area contributed by atoms with Crippen LogP contribution in [0.4, 0.5) is 0 Å². The van der Waals surface area contributed by atoms with Gasteiger partial charge in [-0.2, -0.15) is 0 Å². The number of guanidine groups is 1. The molecule has 26 N–H and O–H groups in total. The highest BCUT2D eigenvalue weighted by Gasteiger charge is 2.37. The summed E-state index contributed by atoms with van der Waals surface area (Å²) in [5.74, 6) is -16.2. The molecule has 0 spiro atoms. The zero-order chi connectivity index (χ0) is 65.4. The molecule has 0 aliphatic heterocycles. The van der Waals surface area contributed by atoms with Crippen LogP contribution in [0, 0.1) is 0 Å². The van der Waals surface area contributed by atoms with Crippen LogP contribution in [0.15, 0.2) is 17.5 Å². The number of aromatic amines is 1. The summed E-state index contributed by atoms with van der Waals surface area (Å²) in [5, 5.41) is 73.0. The van der Waals surface area contributed by atoms with Crippen molar-refractivity contribution in [3.63, 3.8) is 0 Å². The number of hydrogen-bond donors (Lipinski definition) is 21. The molecule has 0 saturated heterocycles. The maximum Gasteiger partial charge on any atom is 0.303 e. The van der Waals surface area contributed by atoms with Gasteiger partial charge in [-0.3, -0.25) is 72.1 Å². The standard InChI is InChI=1S/C49H82N18O19/c1-22(40(78)61-30(11-14-35(73)74)43(81)65-33(20-68)46(84)60-27(39(52)77)8-5-6-16-50)58-47(85)37(23(2)69)67-45(83)32(18-26-19-55-21-57-26)64-42(80)31(12-15-36(75)76)62-41(79)29(10-13-34(51)72)63-48(86)38(24(3)70)66-44(82)28(59-25(4)71)9-7-17-56-49(53)54/h19,21-24,27-33,37-38,68-70H,5-18,20,50H2,1-4H3,(H2,51,72)(H2,52,77)(H,55,57)(H,58,85)(H,59,71)(H,60,84)(H,61,78)(H,62,79)(H,63,86)(H,64,80)(H,65,81)(H,66,82)(H,67,83)(H,73,74)(H,75,76)(H4,53,54,56)/t22-,23+,24+,27-,28-,29-,30-,31-,32-,33-,37-,38-/m0/s1. The van der Waals surface area contributed by atoms with Crippen LogP contribution in [0.5, 0.6) is 0 Å². The number of aromatic nitrogens is 2. The molecule has 0 aliphatic carbocycles. The highest BCUT2D eigenvalue weighted by Crippen LogP contribution is 2.10. The van der Waals surface area contributed by atoms with E-state index in [1.165, 1.54) is 12.5 Å². The van der Waals surface area contributed by atoms with Crippen LogP contribution in [0.3, 0.4) is 0 Å². The summed E-state index contributed by atoms with van der Waals surface area (Å²) in [7, 11) is 0. The lowest BCUT2D eigenvalue weighted by Gasteiger charge is -2.28. The second kappa shape index (κ2) is 38.7. The van der Waals surface area contributed by atoms with Crippen LogP contribution in [0.2, 0.25) is 0 Å². The van der Waals surface area contributed by atoms with Crippen molar-refractivity contribution >= 4 is 88.8 Å². The van der Waals surface area contributed by atoms with Crippen LogP contribution in [0.25, 0.3) is 0 Å². The largest absolute Gasteiger partial charge is 0.481 e. The molecule has 1 aromatic rings. The van der Waals surface area contributed by atoms with Gasteiger partial charge >= 0.3 is 11.9 Å². The number of hydrogen-bond acceptors (Lipinski definition) is 20. The number of nitrogens with zero attached hydrogens (tertiary/aromatic N) is 2. The summed E-state index contributed by atoms with van der Waals surface area (Å²) in [5.41, 5.74) is 27.0. The Labute approximate surface area is 492 Å². The maximum absolute atomic E-state index is 14.1. The van der Waals surface area contributed by atoms with Crippen LogP contribution < -0.4 is 81.8 Å². The number of carbonyl (C=O) groups excluding carboxylic acids is 12. The molecule has 1 aromatic heterocycles. The van der Waals surface area contributed by atoms with Crippen molar-refractivity contribution in [2.75, 3.05) is 19.7 Å². The zero-order valence-corrected chi connectivity index (χ0v) is 47.9. The molecule has 37 heteroatoms. The SMILES string of the molecule is CC(=O)N[C@@H](CCCN=C(N)N)C(=O)N[C@H](C(=O)N[C@@H](CCC(N)=O)C(=O)N[C@@H](CCC(=O)O)C(=O)N[C@@H](Cc1cnc[nH]1)C(=O)N[C@H](C(=O)N[C@@H](C)C(=O)N[C@@H](CCC(=O)O)C(=O)N[C@@H](CO)C(=O)N[C@@H](CCCCN)C(N)=O)[C@@H](C)O)[C@@H](C)O. The molecule has 0 fully saturated rings. The minimum atomic E-state index is -1.95. The smallest absolute Gasteiger partial charge is 0.303 e. The van der Waals surface area contributed by atoms with Crippen molar-refractivity contribution in [1.29, 1.82) is 0 Å². The predicted molar refractivity (Wildman–Crippen MR) is 298 cm³/mol. The minimum Gasteiger partial charge on any atom is -0.481 e. The highest BCUT2D eigenvalue weighted by molar-refractivity contribution is 5.99. The van der Waals surface area contributed by atoms with Gasteiger partial charge in [0.25, 0.3) is 0 Å². The first-order valence-electron chi connectivity index (χ1n) is 27.0. The Balaban J connectivity index is 3.47. The lowest BCUT2D eigenvalue weighted by atomic mass is 10.0. The number of rotatable bonds is 42. The number of amides is 12. The van der Waals surface area contributed by atoms with Gasteiger partial charge in [0.05, 0.1) is 25.1 Å². The van der Waals surface area contributed by atoms with E-state index in [0.717, 1.165) is 27.7 Å². The molecule has 482 valence electrons. The first-order chi connectivity index (χ1) is 40.3. The van der Waals surface area contributed by atoms with Crippen molar-refractivity contribution in [3.8, 4) is 0 Å². The summed E-state index contributed by atoms with van der Waals surface area (Å²) in [6.07, 6.45) is -4.43. The third kappa shape index (κ3) is 28.9. The van der Waals surface area contributed by atoms with Gasteiger partial charge < -0.3 is 112 Å². The van der Waals surface area contributed by atoms with E-state index in [0.29, 0.717) is 12.8 Å². The number of H-pyrrole nitrogens is 1. The number of aliphatic hydroxyl groups is 3. The topological polar surface area (TPSA) is 632 Å². The van der Waals surface area contributed by atoms with Gasteiger partial charge in [-0.1, -0.05) is 0 Å². The maximum atomic E-state index is 14.1. The van der Waals surface area contributed by atoms with Gasteiger partial charge in [0.15, 0.2) is 5.96 Å². The Kier molecular flexibility index (Phi) is 33.7. The summed E-state index contributed by atoms with van der Waals surface area (Å²) >= 11 is 0. The molecule has 0 aromatic carbocycles. The van der Waals surface area contributed by atoms with Crippen molar-refractivity contribution in [1.82, 2.24) is 63.1 Å². The average molecular weight is 1230 g/mol. The zero-order valence-electron chi connectivity index (χ0n) is 47.9. The molecule has 37 nitrogen and oxygen atoms in total. The van der Waals surface area contributed by atoms with Crippen LogP contribution in [-0.4, -0.2) is 217 Å². The Morgan fingerprint density at radius 1 is 0.523 bits per heavy atom. The van der Waals surface area contributed by atoms with Crippen LogP contribution in [-0.2, 0) is 73.5 Å². The third-order valence-electron chi connectivity index (χ3n) is 12.4. The van der Waals surface area contributed by atoms with Crippen molar-refractivity contribution in [2.24, 2.45) is 33.7 Å². The Morgan fingerprint density at radius 3 is 1.38 bits per heavy atom. The number of unbranched alkanes of at least 4 members (excludes halogenated alkanes) is 1. The molecule has 12 amide bonds.